The number of nitrogens with zero attached hydrogens (tertiary/aromatic N) is 1. The Labute approximate surface area is 146 Å². The maximum absolute atomic E-state index is 12.4. The molecule has 0 spiro atoms. The Kier molecular flexibility index (Phi) is 5.35. The summed E-state index contributed by atoms with van der Waals surface area (Å²) in [4.78, 5) is 26.2. The van der Waals surface area contributed by atoms with E-state index >= 15 is 0 Å². The molecule has 1 aromatic heterocycles. The number of carbonyl (C=O) groups excluding carboxylic acids is 2. The van der Waals surface area contributed by atoms with Gasteiger partial charge in [0.1, 0.15) is 12.0 Å². The zero-order valence-electron chi connectivity index (χ0n) is 13.9. The summed E-state index contributed by atoms with van der Waals surface area (Å²) in [6.45, 7) is 1.46. The van der Waals surface area contributed by atoms with Crippen LogP contribution in [0.1, 0.15) is 29.0 Å². The van der Waals surface area contributed by atoms with Crippen LogP contribution in [0.3, 0.4) is 0 Å². The lowest BCUT2D eigenvalue weighted by Crippen LogP contribution is -2.47. The molecule has 0 unspecified atom stereocenters. The van der Waals surface area contributed by atoms with E-state index in [1.165, 1.54) is 6.26 Å². The first-order valence-electron chi connectivity index (χ1n) is 8.35. The van der Waals surface area contributed by atoms with Gasteiger partial charge in [0.15, 0.2) is 0 Å². The van der Waals surface area contributed by atoms with Crippen LogP contribution in [-0.2, 0) is 6.54 Å². The van der Waals surface area contributed by atoms with Crippen LogP contribution in [0.2, 0.25) is 0 Å². The Morgan fingerprint density at radius 1 is 1.20 bits per heavy atom. The second-order valence-corrected chi connectivity index (χ2v) is 6.04. The van der Waals surface area contributed by atoms with Crippen LogP contribution in [0.5, 0.6) is 0 Å². The number of nitrogens with two attached hydrogens (primary N) is 1. The highest BCUT2D eigenvalue weighted by Gasteiger charge is 2.25. The molecule has 2 aromatic rings. The number of furan rings is 1. The maximum atomic E-state index is 12.4. The molecule has 0 aliphatic carbocycles. The molecule has 3 rings (SSSR count). The topological polar surface area (TPSA) is 101 Å². The first-order chi connectivity index (χ1) is 12.2. The number of urea groups is 1. The van der Waals surface area contributed by atoms with E-state index in [9.17, 15) is 9.59 Å². The third-order valence-electron chi connectivity index (χ3n) is 4.25. The molecule has 4 N–H and O–H groups in total. The van der Waals surface area contributed by atoms with Crippen molar-refractivity contribution in [3.63, 3.8) is 0 Å². The smallest absolute Gasteiger partial charge is 0.319 e. The number of nitrogens with one attached hydrogen (secondary N) is 2. The highest BCUT2D eigenvalue weighted by Crippen LogP contribution is 2.16. The number of hydrogen-bond acceptors (Lipinski definition) is 4. The maximum Gasteiger partial charge on any atom is 0.319 e. The number of carbonyl (C=O) groups is 2. The second-order valence-electron chi connectivity index (χ2n) is 6.04. The van der Waals surface area contributed by atoms with Gasteiger partial charge in [0.25, 0.3) is 5.91 Å². The van der Waals surface area contributed by atoms with E-state index < -0.39 is 0 Å². The summed E-state index contributed by atoms with van der Waals surface area (Å²) in [5.74, 6) is 0.535. The average molecular weight is 342 g/mol. The Hall–Kier alpha value is -2.80. The van der Waals surface area contributed by atoms with Crippen molar-refractivity contribution in [1.82, 2.24) is 10.2 Å². The summed E-state index contributed by atoms with van der Waals surface area (Å²) in [6, 6.07) is 10.8. The summed E-state index contributed by atoms with van der Waals surface area (Å²) in [7, 11) is 0. The minimum absolute atomic E-state index is 0.0525. The molecule has 0 saturated carbocycles. The van der Waals surface area contributed by atoms with Gasteiger partial charge in [-0.05, 0) is 31.0 Å². The van der Waals surface area contributed by atoms with Gasteiger partial charge in [-0.3, -0.25) is 4.79 Å². The van der Waals surface area contributed by atoms with Crippen molar-refractivity contribution in [2.24, 2.45) is 5.73 Å². The Bertz CT molecular complexity index is 721. The normalized spacial score (nSPS) is 15.0. The van der Waals surface area contributed by atoms with Gasteiger partial charge < -0.3 is 25.7 Å². The van der Waals surface area contributed by atoms with Crippen LogP contribution in [0.15, 0.2) is 47.1 Å². The zero-order chi connectivity index (χ0) is 17.6. The fraction of sp³-hybridized carbons (Fsp3) is 0.333. The summed E-state index contributed by atoms with van der Waals surface area (Å²) in [6.07, 6.45) is 2.88. The number of hydrogen-bond donors (Lipinski definition) is 3. The average Bonchev–Trinajstić information content (AvgIpc) is 3.12. The molecular weight excluding hydrogens is 320 g/mol. The van der Waals surface area contributed by atoms with Gasteiger partial charge in [0.05, 0.1) is 12.1 Å². The van der Waals surface area contributed by atoms with Gasteiger partial charge in [-0.15, -0.1) is 0 Å². The summed E-state index contributed by atoms with van der Waals surface area (Å²) < 4.78 is 5.22. The summed E-state index contributed by atoms with van der Waals surface area (Å²) in [5, 5.41) is 5.76. The lowest BCUT2D eigenvalue weighted by atomic mass is 10.0. The second kappa shape index (κ2) is 7.85. The van der Waals surface area contributed by atoms with Crippen LogP contribution >= 0.6 is 0 Å². The summed E-state index contributed by atoms with van der Waals surface area (Å²) >= 11 is 0. The molecule has 1 saturated heterocycles. The Balaban J connectivity index is 1.46. The number of anilines is 1. The van der Waals surface area contributed by atoms with E-state index in [2.05, 4.69) is 10.6 Å². The minimum Gasteiger partial charge on any atom is -0.467 e. The third kappa shape index (κ3) is 4.39. The lowest BCUT2D eigenvalue weighted by molar-refractivity contribution is 0.0708. The van der Waals surface area contributed by atoms with Gasteiger partial charge in [-0.25, -0.2) is 4.79 Å². The van der Waals surface area contributed by atoms with Crippen molar-refractivity contribution in [1.29, 1.82) is 0 Å². The summed E-state index contributed by atoms with van der Waals surface area (Å²) in [5.41, 5.74) is 6.77. The fourth-order valence-electron chi connectivity index (χ4n) is 2.88. The van der Waals surface area contributed by atoms with Crippen LogP contribution in [0.25, 0.3) is 0 Å². The van der Waals surface area contributed by atoms with E-state index in [0.717, 1.165) is 18.5 Å². The number of para-hydroxylation sites is 1. The van der Waals surface area contributed by atoms with E-state index in [-0.39, 0.29) is 24.5 Å². The van der Waals surface area contributed by atoms with Crippen LogP contribution in [0, 0.1) is 0 Å². The monoisotopic (exact) mass is 342 g/mol. The van der Waals surface area contributed by atoms with Crippen molar-refractivity contribution in [2.45, 2.75) is 25.4 Å². The molecule has 132 valence electrons. The largest absolute Gasteiger partial charge is 0.467 e. The minimum atomic E-state index is -0.224. The highest BCUT2D eigenvalue weighted by atomic mass is 16.3. The number of benzene rings is 1. The first kappa shape index (κ1) is 17.0. The molecule has 3 amide bonds. The molecule has 0 atom stereocenters. The zero-order valence-corrected chi connectivity index (χ0v) is 13.9. The number of amides is 3. The molecule has 0 bridgehead atoms. The van der Waals surface area contributed by atoms with Gasteiger partial charge in [-0.1, -0.05) is 18.2 Å². The molecule has 1 aliphatic heterocycles. The fourth-order valence-corrected chi connectivity index (χ4v) is 2.88. The molecule has 1 aromatic carbocycles. The SMILES string of the molecule is NCc1cc(C(=O)N2CCC(NC(=O)Nc3ccccc3)CC2)co1. The quantitative estimate of drug-likeness (QED) is 0.792. The van der Waals surface area contributed by atoms with E-state index in [1.54, 1.807) is 11.0 Å². The lowest BCUT2D eigenvalue weighted by Gasteiger charge is -2.32. The molecule has 7 nitrogen and oxygen atoms in total. The molecule has 1 aliphatic rings. The van der Waals surface area contributed by atoms with E-state index in [1.807, 2.05) is 30.3 Å². The van der Waals surface area contributed by atoms with Crippen molar-refractivity contribution in [3.8, 4) is 0 Å². The van der Waals surface area contributed by atoms with Crippen molar-refractivity contribution in [3.05, 3.63) is 54.0 Å². The Morgan fingerprint density at radius 3 is 2.56 bits per heavy atom. The van der Waals surface area contributed by atoms with Crippen LogP contribution in [0.4, 0.5) is 10.5 Å². The third-order valence-corrected chi connectivity index (χ3v) is 4.25. The molecule has 0 radical (unpaired) electrons. The predicted octanol–water partition coefficient (Wildman–Crippen LogP) is 2.16. The molecule has 2 heterocycles. The number of rotatable bonds is 4. The predicted molar refractivity (Wildman–Crippen MR) is 94.1 cm³/mol. The molecular formula is C18H22N4O3. The van der Waals surface area contributed by atoms with Gasteiger partial charge in [-0.2, -0.15) is 0 Å². The van der Waals surface area contributed by atoms with Gasteiger partial charge >= 0.3 is 6.03 Å². The van der Waals surface area contributed by atoms with E-state index in [0.29, 0.717) is 24.4 Å². The molecule has 7 heteroatoms. The van der Waals surface area contributed by atoms with Gasteiger partial charge in [0, 0.05) is 24.8 Å². The number of likely N-dealkylation sites (tertiary alicyclic amines) is 1. The van der Waals surface area contributed by atoms with Crippen LogP contribution < -0.4 is 16.4 Å². The van der Waals surface area contributed by atoms with Crippen molar-refractivity contribution in [2.75, 3.05) is 18.4 Å². The van der Waals surface area contributed by atoms with E-state index in [4.69, 9.17) is 10.2 Å². The standard InChI is InChI=1S/C18H22N4O3/c19-11-16-10-13(12-25-16)17(23)22-8-6-15(7-9-22)21-18(24)20-14-4-2-1-3-5-14/h1-5,10,12,15H,6-9,11,19H2,(H2,20,21,24). The highest BCUT2D eigenvalue weighted by molar-refractivity contribution is 5.94. The Morgan fingerprint density at radius 2 is 1.92 bits per heavy atom. The van der Waals surface area contributed by atoms with Gasteiger partial charge in [0.2, 0.25) is 0 Å². The van der Waals surface area contributed by atoms with Crippen molar-refractivity contribution >= 4 is 17.6 Å². The van der Waals surface area contributed by atoms with Crippen LogP contribution in [-0.4, -0.2) is 36.0 Å². The first-order valence-corrected chi connectivity index (χ1v) is 8.35. The van der Waals surface area contributed by atoms with Crippen molar-refractivity contribution < 1.29 is 14.0 Å². The molecule has 1 fully saturated rings. The number of piperidine rings is 1. The molecule has 25 heavy (non-hydrogen) atoms.